The van der Waals surface area contributed by atoms with Crippen LogP contribution in [0.5, 0.6) is 0 Å². The summed E-state index contributed by atoms with van der Waals surface area (Å²) in [7, 11) is 0. The van der Waals surface area contributed by atoms with Gasteiger partial charge in [-0.1, -0.05) is 12.1 Å². The van der Waals surface area contributed by atoms with E-state index in [-0.39, 0.29) is 18.1 Å². The van der Waals surface area contributed by atoms with Gasteiger partial charge in [-0.25, -0.2) is 9.37 Å². The van der Waals surface area contributed by atoms with Gasteiger partial charge in [-0.3, -0.25) is 4.79 Å². The summed E-state index contributed by atoms with van der Waals surface area (Å²) in [6.07, 6.45) is 0.899. The third kappa shape index (κ3) is 4.11. The van der Waals surface area contributed by atoms with E-state index in [0.29, 0.717) is 18.1 Å². The summed E-state index contributed by atoms with van der Waals surface area (Å²) in [6.45, 7) is 0.319. The predicted octanol–water partition coefficient (Wildman–Crippen LogP) is 2.16. The maximum absolute atomic E-state index is 12.8. The molecule has 0 unspecified atom stereocenters. The van der Waals surface area contributed by atoms with Gasteiger partial charge in [-0.15, -0.1) is 11.3 Å². The van der Waals surface area contributed by atoms with Crippen molar-refractivity contribution in [1.29, 1.82) is 0 Å². The van der Waals surface area contributed by atoms with Crippen LogP contribution in [0.1, 0.15) is 17.7 Å². The number of amides is 1. The highest BCUT2D eigenvalue weighted by atomic mass is 32.1. The summed E-state index contributed by atoms with van der Waals surface area (Å²) < 4.78 is 12.8. The van der Waals surface area contributed by atoms with Crippen LogP contribution in [0, 0.1) is 5.82 Å². The molecule has 1 aromatic carbocycles. The van der Waals surface area contributed by atoms with E-state index in [2.05, 4.69) is 10.3 Å². The molecule has 0 saturated carbocycles. The average Bonchev–Trinajstić information content (AvgIpc) is 2.80. The van der Waals surface area contributed by atoms with Gasteiger partial charge in [0.05, 0.1) is 5.69 Å². The fourth-order valence-corrected chi connectivity index (χ4v) is 2.30. The third-order valence-corrected chi connectivity index (χ3v) is 3.27. The second-order valence-electron chi connectivity index (χ2n) is 4.03. The molecule has 0 fully saturated rings. The normalized spacial score (nSPS) is 10.4. The van der Waals surface area contributed by atoms with Crippen LogP contribution in [0.3, 0.4) is 0 Å². The van der Waals surface area contributed by atoms with Crippen LogP contribution < -0.4 is 11.1 Å². The van der Waals surface area contributed by atoms with Gasteiger partial charge in [0.2, 0.25) is 5.91 Å². The Morgan fingerprint density at radius 1 is 1.37 bits per heavy atom. The molecule has 0 aliphatic rings. The number of rotatable bonds is 5. The van der Waals surface area contributed by atoms with E-state index < -0.39 is 0 Å². The van der Waals surface area contributed by atoms with E-state index >= 15 is 0 Å². The highest BCUT2D eigenvalue weighted by Gasteiger charge is 2.06. The zero-order valence-corrected chi connectivity index (χ0v) is 11.0. The second kappa shape index (κ2) is 6.40. The average molecular weight is 279 g/mol. The number of benzene rings is 1. The molecule has 3 N–H and O–H groups in total. The molecular weight excluding hydrogens is 265 g/mol. The SMILES string of the molecule is NCCC(=O)Nc1nc(Cc2ccc(F)cc2)cs1. The standard InChI is InChI=1S/C13H14FN3OS/c14-10-3-1-9(2-4-10)7-11-8-19-13(16-11)17-12(18)5-6-15/h1-4,8H,5-7,15H2,(H,16,17,18). The Kier molecular flexibility index (Phi) is 4.59. The number of halogens is 1. The molecule has 0 aliphatic heterocycles. The summed E-state index contributed by atoms with van der Waals surface area (Å²) in [5, 5.41) is 5.13. The number of carbonyl (C=O) groups excluding carboxylic acids is 1. The molecule has 0 atom stereocenters. The Hall–Kier alpha value is -1.79. The minimum absolute atomic E-state index is 0.134. The van der Waals surface area contributed by atoms with Crippen molar-refractivity contribution in [3.63, 3.8) is 0 Å². The zero-order chi connectivity index (χ0) is 13.7. The molecule has 19 heavy (non-hydrogen) atoms. The molecule has 0 radical (unpaired) electrons. The fourth-order valence-electron chi connectivity index (χ4n) is 1.57. The maximum Gasteiger partial charge on any atom is 0.227 e. The summed E-state index contributed by atoms with van der Waals surface area (Å²) in [4.78, 5) is 15.7. The van der Waals surface area contributed by atoms with Gasteiger partial charge in [0.25, 0.3) is 0 Å². The lowest BCUT2D eigenvalue weighted by molar-refractivity contribution is -0.116. The topological polar surface area (TPSA) is 68.0 Å². The number of nitrogens with zero attached hydrogens (tertiary/aromatic N) is 1. The number of nitrogens with two attached hydrogens (primary N) is 1. The van der Waals surface area contributed by atoms with Crippen molar-refractivity contribution >= 4 is 22.4 Å². The van der Waals surface area contributed by atoms with Crippen LogP contribution in [0.15, 0.2) is 29.6 Å². The minimum atomic E-state index is -0.253. The van der Waals surface area contributed by atoms with Crippen molar-refractivity contribution in [3.05, 3.63) is 46.7 Å². The lowest BCUT2D eigenvalue weighted by Gasteiger charge is -1.99. The van der Waals surface area contributed by atoms with E-state index in [9.17, 15) is 9.18 Å². The van der Waals surface area contributed by atoms with Crippen LogP contribution in [0.2, 0.25) is 0 Å². The summed E-state index contributed by atoms with van der Waals surface area (Å²) in [5.74, 6) is -0.387. The van der Waals surface area contributed by atoms with Crippen molar-refractivity contribution in [2.24, 2.45) is 5.73 Å². The first-order valence-corrected chi connectivity index (χ1v) is 6.74. The smallest absolute Gasteiger partial charge is 0.227 e. The molecule has 0 saturated heterocycles. The molecule has 0 bridgehead atoms. The number of aromatic nitrogens is 1. The highest BCUT2D eigenvalue weighted by Crippen LogP contribution is 2.18. The first-order valence-electron chi connectivity index (χ1n) is 5.86. The highest BCUT2D eigenvalue weighted by molar-refractivity contribution is 7.13. The monoisotopic (exact) mass is 279 g/mol. The largest absolute Gasteiger partial charge is 0.330 e. The maximum atomic E-state index is 12.8. The first-order chi connectivity index (χ1) is 9.17. The second-order valence-corrected chi connectivity index (χ2v) is 4.89. The van der Waals surface area contributed by atoms with Crippen LogP contribution in [-0.2, 0) is 11.2 Å². The zero-order valence-electron chi connectivity index (χ0n) is 10.2. The van der Waals surface area contributed by atoms with E-state index in [1.165, 1.54) is 23.5 Å². The number of carbonyl (C=O) groups is 1. The van der Waals surface area contributed by atoms with Crippen LogP contribution >= 0.6 is 11.3 Å². The molecule has 1 aromatic heterocycles. The molecule has 0 spiro atoms. The lowest BCUT2D eigenvalue weighted by Crippen LogP contribution is -2.16. The van der Waals surface area contributed by atoms with Crippen LogP contribution in [0.25, 0.3) is 0 Å². The molecule has 2 rings (SSSR count). The Morgan fingerprint density at radius 3 is 2.79 bits per heavy atom. The number of hydrogen-bond acceptors (Lipinski definition) is 4. The van der Waals surface area contributed by atoms with Gasteiger partial charge in [-0.2, -0.15) is 0 Å². The molecule has 2 aromatic rings. The van der Waals surface area contributed by atoms with Crippen molar-refractivity contribution in [1.82, 2.24) is 4.98 Å². The van der Waals surface area contributed by atoms with Gasteiger partial charge in [0.1, 0.15) is 5.82 Å². The number of anilines is 1. The molecule has 100 valence electrons. The number of hydrogen-bond donors (Lipinski definition) is 2. The predicted molar refractivity (Wildman–Crippen MR) is 73.6 cm³/mol. The summed E-state index contributed by atoms with van der Waals surface area (Å²) >= 11 is 1.37. The van der Waals surface area contributed by atoms with Crippen LogP contribution in [0.4, 0.5) is 9.52 Å². The van der Waals surface area contributed by atoms with Gasteiger partial charge in [-0.05, 0) is 17.7 Å². The van der Waals surface area contributed by atoms with Gasteiger partial charge >= 0.3 is 0 Å². The van der Waals surface area contributed by atoms with Crippen molar-refractivity contribution in [2.45, 2.75) is 12.8 Å². The van der Waals surface area contributed by atoms with Crippen molar-refractivity contribution in [3.8, 4) is 0 Å². The molecule has 0 aliphatic carbocycles. The Morgan fingerprint density at radius 2 is 2.11 bits per heavy atom. The van der Waals surface area contributed by atoms with Gasteiger partial charge < -0.3 is 11.1 Å². The Balaban J connectivity index is 1.97. The molecule has 4 nitrogen and oxygen atoms in total. The molecular formula is C13H14FN3OS. The minimum Gasteiger partial charge on any atom is -0.330 e. The Labute approximate surface area is 114 Å². The van der Waals surface area contributed by atoms with Crippen molar-refractivity contribution < 1.29 is 9.18 Å². The lowest BCUT2D eigenvalue weighted by atomic mass is 10.1. The van der Waals surface area contributed by atoms with Gasteiger partial charge in [0, 0.05) is 24.8 Å². The number of nitrogens with one attached hydrogen (secondary N) is 1. The van der Waals surface area contributed by atoms with E-state index in [4.69, 9.17) is 5.73 Å². The van der Waals surface area contributed by atoms with Crippen molar-refractivity contribution in [2.75, 3.05) is 11.9 Å². The third-order valence-electron chi connectivity index (χ3n) is 2.47. The first kappa shape index (κ1) is 13.6. The molecule has 1 amide bonds. The summed E-state index contributed by atoms with van der Waals surface area (Å²) in [5.41, 5.74) is 7.12. The Bertz CT molecular complexity index is 553. The summed E-state index contributed by atoms with van der Waals surface area (Å²) in [6, 6.07) is 6.29. The molecule has 1 heterocycles. The van der Waals surface area contributed by atoms with Crippen LogP contribution in [-0.4, -0.2) is 17.4 Å². The quantitative estimate of drug-likeness (QED) is 0.881. The van der Waals surface area contributed by atoms with E-state index in [0.717, 1.165) is 11.3 Å². The number of thiazole rings is 1. The molecule has 6 heteroatoms. The fraction of sp³-hybridized carbons (Fsp3) is 0.231. The van der Waals surface area contributed by atoms with E-state index in [1.54, 1.807) is 12.1 Å². The van der Waals surface area contributed by atoms with Gasteiger partial charge in [0.15, 0.2) is 5.13 Å². The van der Waals surface area contributed by atoms with E-state index in [1.807, 2.05) is 5.38 Å².